The quantitative estimate of drug-likeness (QED) is 0.386. The standard InChI is InChI=1S/C30H48O5/c1-17(2)18(3)8-9-19(4)22-10-11-23-26(22,6)15-25-30(35-25)27(7)13-12-21(33-20(5)31)14-28(27,32)16-24-29(23,30)34-24/h17-19,21-25,32H,8-16H2,1-7H3/t18-,19+,21-,22+,23+,24+,25+,26+,27-,28-,29-,30-/m0/s1. The van der Waals surface area contributed by atoms with Gasteiger partial charge in [0.15, 0.2) is 0 Å². The summed E-state index contributed by atoms with van der Waals surface area (Å²) in [6.07, 6.45) is 9.09. The second kappa shape index (κ2) is 7.47. The molecule has 0 bridgehead atoms. The highest BCUT2D eigenvalue weighted by Gasteiger charge is 2.96. The molecule has 6 rings (SSSR count). The number of carbonyl (C=O) groups is 1. The molecule has 5 heteroatoms. The predicted octanol–water partition coefficient (Wildman–Crippen LogP) is 5.66. The van der Waals surface area contributed by atoms with Gasteiger partial charge in [-0.2, -0.15) is 0 Å². The van der Waals surface area contributed by atoms with Crippen molar-refractivity contribution in [3.8, 4) is 0 Å². The van der Waals surface area contributed by atoms with Crippen LogP contribution in [-0.4, -0.2) is 46.2 Å². The van der Waals surface area contributed by atoms with Crippen molar-refractivity contribution in [2.24, 2.45) is 40.4 Å². The van der Waals surface area contributed by atoms with E-state index in [4.69, 9.17) is 14.2 Å². The summed E-state index contributed by atoms with van der Waals surface area (Å²) in [4.78, 5) is 11.6. The molecular formula is C30H48O5. The van der Waals surface area contributed by atoms with Crippen LogP contribution in [0, 0.1) is 40.4 Å². The van der Waals surface area contributed by atoms with Gasteiger partial charge in [0, 0.05) is 25.2 Å². The van der Waals surface area contributed by atoms with E-state index < -0.39 is 5.60 Å². The maximum absolute atomic E-state index is 12.1. The third kappa shape index (κ3) is 2.95. The predicted molar refractivity (Wildman–Crippen MR) is 134 cm³/mol. The molecule has 0 aromatic carbocycles. The third-order valence-corrected chi connectivity index (χ3v) is 12.8. The zero-order valence-corrected chi connectivity index (χ0v) is 23.1. The van der Waals surface area contributed by atoms with Crippen molar-refractivity contribution in [2.75, 3.05) is 0 Å². The second-order valence-electron chi connectivity index (χ2n) is 14.5. The van der Waals surface area contributed by atoms with Gasteiger partial charge in [-0.25, -0.2) is 0 Å². The van der Waals surface area contributed by atoms with E-state index >= 15 is 0 Å². The zero-order valence-electron chi connectivity index (χ0n) is 23.1. The molecule has 0 unspecified atom stereocenters. The molecule has 6 aliphatic rings. The maximum atomic E-state index is 12.1. The van der Waals surface area contributed by atoms with Crippen LogP contribution in [0.15, 0.2) is 0 Å². The first-order valence-corrected chi connectivity index (χ1v) is 14.6. The van der Waals surface area contributed by atoms with E-state index in [1.807, 2.05) is 0 Å². The lowest BCUT2D eigenvalue weighted by Crippen LogP contribution is -2.72. The van der Waals surface area contributed by atoms with Crippen LogP contribution in [0.4, 0.5) is 0 Å². The van der Waals surface area contributed by atoms with Crippen LogP contribution in [0.5, 0.6) is 0 Å². The number of hydrogen-bond acceptors (Lipinski definition) is 5. The number of epoxide rings is 2. The molecule has 5 nitrogen and oxygen atoms in total. The summed E-state index contributed by atoms with van der Waals surface area (Å²) in [6.45, 7) is 15.9. The van der Waals surface area contributed by atoms with Crippen LogP contribution in [0.1, 0.15) is 106 Å². The third-order valence-electron chi connectivity index (χ3n) is 12.8. The number of carbonyl (C=O) groups excluding carboxylic acids is 1. The van der Waals surface area contributed by atoms with Crippen LogP contribution in [0.2, 0.25) is 0 Å². The van der Waals surface area contributed by atoms with Gasteiger partial charge in [0.2, 0.25) is 0 Å². The lowest BCUT2D eigenvalue weighted by Gasteiger charge is -2.60. The number of fused-ring (bicyclic) bond motifs is 2. The van der Waals surface area contributed by atoms with Gasteiger partial charge in [0.1, 0.15) is 17.3 Å². The van der Waals surface area contributed by atoms with E-state index in [0.29, 0.717) is 18.8 Å². The van der Waals surface area contributed by atoms with E-state index in [1.165, 1.54) is 32.6 Å². The molecule has 4 aliphatic carbocycles. The normalized spacial score (nSPS) is 55.1. The molecule has 0 aromatic heterocycles. The minimum absolute atomic E-state index is 0.0706. The molecule has 1 N–H and O–H groups in total. The smallest absolute Gasteiger partial charge is 0.302 e. The van der Waals surface area contributed by atoms with Gasteiger partial charge in [-0.05, 0) is 67.1 Å². The molecule has 35 heavy (non-hydrogen) atoms. The van der Waals surface area contributed by atoms with Crippen LogP contribution >= 0.6 is 0 Å². The van der Waals surface area contributed by atoms with Gasteiger partial charge in [-0.1, -0.05) is 54.4 Å². The first-order chi connectivity index (χ1) is 16.3. The van der Waals surface area contributed by atoms with Crippen molar-refractivity contribution in [3.63, 3.8) is 0 Å². The molecule has 2 spiro atoms. The molecule has 2 saturated heterocycles. The van der Waals surface area contributed by atoms with Crippen molar-refractivity contribution in [1.82, 2.24) is 0 Å². The minimum atomic E-state index is -0.906. The molecular weight excluding hydrogens is 440 g/mol. The minimum Gasteiger partial charge on any atom is -0.462 e. The summed E-state index contributed by atoms with van der Waals surface area (Å²) in [5.74, 6) is 3.24. The Hall–Kier alpha value is -0.650. The summed E-state index contributed by atoms with van der Waals surface area (Å²) < 4.78 is 19.2. The van der Waals surface area contributed by atoms with Gasteiger partial charge in [-0.15, -0.1) is 0 Å². The van der Waals surface area contributed by atoms with E-state index in [2.05, 4.69) is 41.5 Å². The number of aliphatic hydroxyl groups is 1. The van der Waals surface area contributed by atoms with Crippen LogP contribution in [0.3, 0.4) is 0 Å². The Kier molecular flexibility index (Phi) is 5.27. The van der Waals surface area contributed by atoms with E-state index in [0.717, 1.165) is 42.9 Å². The largest absolute Gasteiger partial charge is 0.462 e. The number of hydrogen-bond donors (Lipinski definition) is 1. The van der Waals surface area contributed by atoms with Gasteiger partial charge >= 0.3 is 5.97 Å². The summed E-state index contributed by atoms with van der Waals surface area (Å²) in [6, 6.07) is 0. The van der Waals surface area contributed by atoms with Crippen LogP contribution in [-0.2, 0) is 19.0 Å². The van der Waals surface area contributed by atoms with Crippen molar-refractivity contribution < 1.29 is 24.1 Å². The highest BCUT2D eigenvalue weighted by Crippen LogP contribution is 2.84. The number of esters is 1. The SMILES string of the molecule is CC(=O)O[C@H]1CC[C@@]2(C)[C@](O)(C1)C[C@H]1O[C@@]13[C@@H]1CC[C@H]([C@H](C)CC[C@H](C)C(C)C)[C@@]1(C)C[C@H]1O[C@]132. The number of rotatable bonds is 6. The first kappa shape index (κ1) is 24.7. The van der Waals surface area contributed by atoms with Crippen molar-refractivity contribution in [1.29, 1.82) is 0 Å². The summed E-state index contributed by atoms with van der Waals surface area (Å²) in [7, 11) is 0. The van der Waals surface area contributed by atoms with Crippen molar-refractivity contribution in [2.45, 2.75) is 141 Å². The molecule has 0 aromatic rings. The molecule has 0 amide bonds. The van der Waals surface area contributed by atoms with E-state index in [9.17, 15) is 9.90 Å². The van der Waals surface area contributed by atoms with Gasteiger partial charge < -0.3 is 19.3 Å². The van der Waals surface area contributed by atoms with Crippen LogP contribution < -0.4 is 0 Å². The Bertz CT molecular complexity index is 903. The molecule has 0 radical (unpaired) electrons. The fourth-order valence-corrected chi connectivity index (χ4v) is 10.4. The summed E-state index contributed by atoms with van der Waals surface area (Å²) in [5, 5.41) is 12.1. The van der Waals surface area contributed by atoms with Gasteiger partial charge in [0.25, 0.3) is 0 Å². The molecule has 6 fully saturated rings. The molecule has 12 atom stereocenters. The lowest BCUT2D eigenvalue weighted by atomic mass is 9.42. The van der Waals surface area contributed by atoms with Gasteiger partial charge in [0.05, 0.1) is 17.8 Å². The van der Waals surface area contributed by atoms with Crippen molar-refractivity contribution >= 4 is 5.97 Å². The Morgan fingerprint density at radius 2 is 1.74 bits per heavy atom. The zero-order chi connectivity index (χ0) is 25.2. The van der Waals surface area contributed by atoms with Crippen LogP contribution in [0.25, 0.3) is 0 Å². The number of ether oxygens (including phenoxy) is 3. The van der Waals surface area contributed by atoms with E-state index in [-0.39, 0.29) is 46.3 Å². The molecule has 2 heterocycles. The lowest BCUT2D eigenvalue weighted by molar-refractivity contribution is -0.209. The fraction of sp³-hybridized carbons (Fsp3) is 0.967. The average molecular weight is 489 g/mol. The highest BCUT2D eigenvalue weighted by atomic mass is 16.7. The fourth-order valence-electron chi connectivity index (χ4n) is 10.4. The monoisotopic (exact) mass is 488 g/mol. The topological polar surface area (TPSA) is 71.6 Å². The second-order valence-corrected chi connectivity index (χ2v) is 14.5. The van der Waals surface area contributed by atoms with Crippen molar-refractivity contribution in [3.05, 3.63) is 0 Å². The Morgan fingerprint density at radius 1 is 1.00 bits per heavy atom. The Morgan fingerprint density at radius 3 is 2.43 bits per heavy atom. The first-order valence-electron chi connectivity index (χ1n) is 14.6. The van der Waals surface area contributed by atoms with E-state index in [1.54, 1.807) is 0 Å². The summed E-state index contributed by atoms with van der Waals surface area (Å²) >= 11 is 0. The maximum Gasteiger partial charge on any atom is 0.302 e. The Balaban J connectivity index is 1.26. The summed E-state index contributed by atoms with van der Waals surface area (Å²) in [5.41, 5.74) is -1.60. The average Bonchev–Trinajstić information content (AvgIpc) is 3.63. The van der Waals surface area contributed by atoms with Gasteiger partial charge in [-0.3, -0.25) is 4.79 Å². The Labute approximate surface area is 212 Å². The molecule has 2 aliphatic heterocycles. The highest BCUT2D eigenvalue weighted by molar-refractivity contribution is 5.66. The molecule has 4 saturated carbocycles. The molecule has 198 valence electrons.